The van der Waals surface area contributed by atoms with E-state index >= 15 is 0 Å². The van der Waals surface area contributed by atoms with Crippen LogP contribution < -0.4 is 9.47 Å². The van der Waals surface area contributed by atoms with Crippen LogP contribution in [-0.4, -0.2) is 34.7 Å². The summed E-state index contributed by atoms with van der Waals surface area (Å²) in [7, 11) is 3.50. The Hall–Kier alpha value is -3.00. The predicted octanol–water partition coefficient (Wildman–Crippen LogP) is 5.07. The topological polar surface area (TPSA) is 39.5 Å². The maximum atomic E-state index is 13.2. The van der Waals surface area contributed by atoms with E-state index in [1.165, 1.54) is 6.07 Å². The minimum Gasteiger partial charge on any atom is -0.497 e. The lowest BCUT2D eigenvalue weighted by Gasteiger charge is -2.27. The number of hydrogen-bond donors (Lipinski definition) is 0. The average molecular weight is 445 g/mol. The molecule has 0 fully saturated rings. The molecule has 1 aliphatic heterocycles. The van der Waals surface area contributed by atoms with Crippen molar-refractivity contribution in [2.75, 3.05) is 20.3 Å². The molecule has 1 aromatic heterocycles. The van der Waals surface area contributed by atoms with E-state index in [9.17, 15) is 13.2 Å². The van der Waals surface area contributed by atoms with Crippen molar-refractivity contribution in [3.63, 3.8) is 0 Å². The lowest BCUT2D eigenvalue weighted by molar-refractivity contribution is -0.137. The SMILES string of the molecule is CCOc1ccc(OC)cc1CN1CCc2nc(-c3cccc(C(F)(F)F)c3)n(C)c2C1. The molecule has 0 atom stereocenters. The number of hydrogen-bond acceptors (Lipinski definition) is 4. The molecule has 0 aliphatic carbocycles. The van der Waals surface area contributed by atoms with Gasteiger partial charge in [-0.05, 0) is 37.3 Å². The zero-order valence-electron chi connectivity index (χ0n) is 18.4. The van der Waals surface area contributed by atoms with Crippen molar-refractivity contribution in [1.82, 2.24) is 14.5 Å². The Morgan fingerprint density at radius 3 is 2.66 bits per heavy atom. The number of halogens is 3. The normalized spacial score (nSPS) is 14.3. The number of fused-ring (bicyclic) bond motifs is 1. The maximum Gasteiger partial charge on any atom is 0.416 e. The quantitative estimate of drug-likeness (QED) is 0.531. The summed E-state index contributed by atoms with van der Waals surface area (Å²) in [6.07, 6.45) is -3.65. The Morgan fingerprint density at radius 1 is 1.12 bits per heavy atom. The molecule has 5 nitrogen and oxygen atoms in total. The molecule has 1 aliphatic rings. The van der Waals surface area contributed by atoms with E-state index in [-0.39, 0.29) is 0 Å². The number of rotatable bonds is 6. The van der Waals surface area contributed by atoms with E-state index in [0.29, 0.717) is 31.1 Å². The monoisotopic (exact) mass is 445 g/mol. The summed E-state index contributed by atoms with van der Waals surface area (Å²) in [5.74, 6) is 2.15. The Labute approximate surface area is 185 Å². The third-order valence-corrected chi connectivity index (χ3v) is 5.74. The van der Waals surface area contributed by atoms with Crippen LogP contribution in [0.3, 0.4) is 0 Å². The molecule has 0 bridgehead atoms. The Kier molecular flexibility index (Phi) is 6.15. The van der Waals surface area contributed by atoms with Gasteiger partial charge in [0.1, 0.15) is 17.3 Å². The van der Waals surface area contributed by atoms with Crippen molar-refractivity contribution in [2.45, 2.75) is 32.6 Å². The van der Waals surface area contributed by atoms with Crippen LogP contribution in [0, 0.1) is 0 Å². The fourth-order valence-corrected chi connectivity index (χ4v) is 4.11. The van der Waals surface area contributed by atoms with Gasteiger partial charge in [-0.15, -0.1) is 0 Å². The van der Waals surface area contributed by atoms with Gasteiger partial charge in [0.2, 0.25) is 0 Å². The van der Waals surface area contributed by atoms with E-state index in [4.69, 9.17) is 9.47 Å². The van der Waals surface area contributed by atoms with Gasteiger partial charge in [0.05, 0.1) is 30.7 Å². The fourth-order valence-electron chi connectivity index (χ4n) is 4.11. The lowest BCUT2D eigenvalue weighted by Crippen LogP contribution is -2.31. The van der Waals surface area contributed by atoms with E-state index < -0.39 is 11.7 Å². The first kappa shape index (κ1) is 22.2. The number of imidazole rings is 1. The molecule has 32 heavy (non-hydrogen) atoms. The number of methoxy groups -OCH3 is 1. The smallest absolute Gasteiger partial charge is 0.416 e. The predicted molar refractivity (Wildman–Crippen MR) is 116 cm³/mol. The summed E-state index contributed by atoms with van der Waals surface area (Å²) in [6, 6.07) is 11.1. The molecule has 0 amide bonds. The largest absolute Gasteiger partial charge is 0.497 e. The van der Waals surface area contributed by atoms with Crippen molar-refractivity contribution >= 4 is 0 Å². The highest BCUT2D eigenvalue weighted by Gasteiger charge is 2.31. The summed E-state index contributed by atoms with van der Waals surface area (Å²) in [5, 5.41) is 0. The molecule has 2 aromatic carbocycles. The van der Waals surface area contributed by atoms with Crippen molar-refractivity contribution in [3.8, 4) is 22.9 Å². The maximum absolute atomic E-state index is 13.2. The summed E-state index contributed by atoms with van der Waals surface area (Å²) < 4.78 is 52.5. The van der Waals surface area contributed by atoms with Crippen molar-refractivity contribution in [1.29, 1.82) is 0 Å². The molecule has 0 saturated carbocycles. The molecular formula is C24H26F3N3O2. The summed E-state index contributed by atoms with van der Waals surface area (Å²) in [4.78, 5) is 6.97. The van der Waals surface area contributed by atoms with Gasteiger partial charge in [0.15, 0.2) is 0 Å². The molecule has 170 valence electrons. The zero-order chi connectivity index (χ0) is 22.9. The summed E-state index contributed by atoms with van der Waals surface area (Å²) in [5.41, 5.74) is 2.79. The summed E-state index contributed by atoms with van der Waals surface area (Å²) in [6.45, 7) is 4.66. The average Bonchev–Trinajstić information content (AvgIpc) is 3.10. The molecule has 0 N–H and O–H groups in total. The van der Waals surface area contributed by atoms with Crippen molar-refractivity contribution in [2.24, 2.45) is 7.05 Å². The van der Waals surface area contributed by atoms with Crippen LogP contribution in [-0.2, 0) is 32.7 Å². The molecule has 4 rings (SSSR count). The molecule has 8 heteroatoms. The third-order valence-electron chi connectivity index (χ3n) is 5.74. The number of ether oxygens (including phenoxy) is 2. The molecule has 2 heterocycles. The van der Waals surface area contributed by atoms with Gasteiger partial charge in [-0.1, -0.05) is 12.1 Å². The van der Waals surface area contributed by atoms with Crippen LogP contribution in [0.2, 0.25) is 0 Å². The van der Waals surface area contributed by atoms with Gasteiger partial charge >= 0.3 is 6.18 Å². The molecule has 0 spiro atoms. The zero-order valence-corrected chi connectivity index (χ0v) is 18.4. The van der Waals surface area contributed by atoms with E-state index in [2.05, 4.69) is 9.88 Å². The van der Waals surface area contributed by atoms with Gasteiger partial charge in [0.25, 0.3) is 0 Å². The molecule has 0 unspecified atom stereocenters. The minimum absolute atomic E-state index is 0.467. The highest BCUT2D eigenvalue weighted by atomic mass is 19.4. The van der Waals surface area contributed by atoms with Crippen LogP contribution in [0.1, 0.15) is 29.4 Å². The number of alkyl halides is 3. The first-order valence-corrected chi connectivity index (χ1v) is 10.5. The standard InChI is InChI=1S/C24H26F3N3O2/c1-4-32-22-9-8-19(31-3)13-17(22)14-30-11-10-20-21(15-30)29(2)23(28-20)16-6-5-7-18(12-16)24(25,26)27/h5-9,12-13H,4,10-11,14-15H2,1-3H3. The number of nitrogens with zero attached hydrogens (tertiary/aromatic N) is 3. The first-order valence-electron chi connectivity index (χ1n) is 10.5. The number of aromatic nitrogens is 2. The number of benzene rings is 2. The van der Waals surface area contributed by atoms with Crippen LogP contribution in [0.4, 0.5) is 13.2 Å². The van der Waals surface area contributed by atoms with Crippen molar-refractivity contribution in [3.05, 3.63) is 65.0 Å². The molecule has 0 radical (unpaired) electrons. The molecular weight excluding hydrogens is 419 g/mol. The highest BCUT2D eigenvalue weighted by Crippen LogP contribution is 2.33. The van der Waals surface area contributed by atoms with E-state index in [1.807, 2.05) is 36.7 Å². The Bertz CT molecular complexity index is 1110. The van der Waals surface area contributed by atoms with Crippen molar-refractivity contribution < 1.29 is 22.6 Å². The van der Waals surface area contributed by atoms with Crippen LogP contribution in [0.5, 0.6) is 11.5 Å². The molecule has 3 aromatic rings. The van der Waals surface area contributed by atoms with Crippen LogP contribution in [0.15, 0.2) is 42.5 Å². The Morgan fingerprint density at radius 2 is 1.94 bits per heavy atom. The Balaban J connectivity index is 1.59. The van der Waals surface area contributed by atoms with Gasteiger partial charge in [-0.2, -0.15) is 13.2 Å². The van der Waals surface area contributed by atoms with Gasteiger partial charge in [-0.25, -0.2) is 4.98 Å². The highest BCUT2D eigenvalue weighted by molar-refractivity contribution is 5.58. The first-order chi connectivity index (χ1) is 15.3. The molecule has 0 saturated heterocycles. The van der Waals surface area contributed by atoms with Crippen LogP contribution >= 0.6 is 0 Å². The van der Waals surface area contributed by atoms with Gasteiger partial charge in [0, 0.05) is 44.2 Å². The fraction of sp³-hybridized carbons (Fsp3) is 0.375. The van der Waals surface area contributed by atoms with Crippen LogP contribution in [0.25, 0.3) is 11.4 Å². The van der Waals surface area contributed by atoms with E-state index in [0.717, 1.165) is 53.5 Å². The second-order valence-corrected chi connectivity index (χ2v) is 7.83. The third kappa shape index (κ3) is 4.46. The van der Waals surface area contributed by atoms with E-state index in [1.54, 1.807) is 13.2 Å². The van der Waals surface area contributed by atoms with Gasteiger partial charge < -0.3 is 14.0 Å². The second-order valence-electron chi connectivity index (χ2n) is 7.83. The lowest BCUT2D eigenvalue weighted by atomic mass is 10.1. The minimum atomic E-state index is -4.38. The summed E-state index contributed by atoms with van der Waals surface area (Å²) >= 11 is 0. The van der Waals surface area contributed by atoms with Gasteiger partial charge in [-0.3, -0.25) is 4.90 Å². The second kappa shape index (κ2) is 8.86.